The van der Waals surface area contributed by atoms with E-state index in [1.54, 1.807) is 17.0 Å². The van der Waals surface area contributed by atoms with Crippen LogP contribution in [0.2, 0.25) is 0 Å². The van der Waals surface area contributed by atoms with Crippen LogP contribution in [-0.2, 0) is 32.4 Å². The molecule has 3 aliphatic heterocycles. The SMILES string of the molecule is O=C1CCc2cc(S(=O)(=O)N3CCOCC3)cc3c2N1CC3. The Hall–Kier alpha value is -1.44. The molecule has 4 rings (SSSR count). The number of rotatable bonds is 2. The smallest absolute Gasteiger partial charge is 0.243 e. The summed E-state index contributed by atoms with van der Waals surface area (Å²) in [5.41, 5.74) is 2.93. The number of carbonyl (C=O) groups is 1. The van der Waals surface area contributed by atoms with E-state index in [4.69, 9.17) is 4.74 Å². The fraction of sp³-hybridized carbons (Fsp3) is 0.533. The maximum Gasteiger partial charge on any atom is 0.243 e. The van der Waals surface area contributed by atoms with Crippen molar-refractivity contribution in [2.75, 3.05) is 37.7 Å². The summed E-state index contributed by atoms with van der Waals surface area (Å²) in [7, 11) is -3.47. The minimum absolute atomic E-state index is 0.148. The number of sulfonamides is 1. The molecule has 0 unspecified atom stereocenters. The third kappa shape index (κ3) is 2.07. The maximum atomic E-state index is 12.8. The third-order valence-electron chi connectivity index (χ3n) is 4.63. The van der Waals surface area contributed by atoms with Crippen LogP contribution in [0.1, 0.15) is 17.5 Å². The van der Waals surface area contributed by atoms with E-state index in [1.165, 1.54) is 4.31 Å². The van der Waals surface area contributed by atoms with Crippen LogP contribution >= 0.6 is 0 Å². The predicted molar refractivity (Wildman–Crippen MR) is 80.4 cm³/mol. The summed E-state index contributed by atoms with van der Waals surface area (Å²) in [6, 6.07) is 3.51. The van der Waals surface area contributed by atoms with E-state index in [0.29, 0.717) is 50.6 Å². The van der Waals surface area contributed by atoms with Crippen LogP contribution < -0.4 is 4.90 Å². The highest BCUT2D eigenvalue weighted by atomic mass is 32.2. The molecule has 1 saturated heterocycles. The Bertz CT molecular complexity index is 738. The van der Waals surface area contributed by atoms with Crippen LogP contribution in [0.15, 0.2) is 17.0 Å². The van der Waals surface area contributed by atoms with Gasteiger partial charge in [-0.1, -0.05) is 0 Å². The van der Waals surface area contributed by atoms with Gasteiger partial charge in [0.2, 0.25) is 15.9 Å². The molecule has 0 spiro atoms. The average molecular weight is 322 g/mol. The normalized spacial score (nSPS) is 22.0. The molecule has 6 nitrogen and oxygen atoms in total. The lowest BCUT2D eigenvalue weighted by Gasteiger charge is -2.28. The molecule has 118 valence electrons. The van der Waals surface area contributed by atoms with E-state index in [1.807, 2.05) is 0 Å². The molecule has 0 bridgehead atoms. The van der Waals surface area contributed by atoms with Gasteiger partial charge in [-0.15, -0.1) is 0 Å². The van der Waals surface area contributed by atoms with E-state index in [9.17, 15) is 13.2 Å². The van der Waals surface area contributed by atoms with Gasteiger partial charge in [0.15, 0.2) is 0 Å². The highest BCUT2D eigenvalue weighted by Gasteiger charge is 2.34. The van der Waals surface area contributed by atoms with Gasteiger partial charge in [-0.2, -0.15) is 4.31 Å². The Balaban J connectivity index is 1.77. The van der Waals surface area contributed by atoms with Crippen molar-refractivity contribution in [1.82, 2.24) is 4.31 Å². The largest absolute Gasteiger partial charge is 0.379 e. The number of aryl methyl sites for hydroxylation is 1. The van der Waals surface area contributed by atoms with Crippen LogP contribution in [0.25, 0.3) is 0 Å². The van der Waals surface area contributed by atoms with Crippen LogP contribution in [-0.4, -0.2) is 51.5 Å². The monoisotopic (exact) mass is 322 g/mol. The summed E-state index contributed by atoms with van der Waals surface area (Å²) in [4.78, 5) is 14.1. The van der Waals surface area contributed by atoms with Gasteiger partial charge >= 0.3 is 0 Å². The Morgan fingerprint density at radius 3 is 2.36 bits per heavy atom. The van der Waals surface area contributed by atoms with Crippen LogP contribution in [0.3, 0.4) is 0 Å². The van der Waals surface area contributed by atoms with E-state index in [2.05, 4.69) is 0 Å². The molecule has 1 fully saturated rings. The van der Waals surface area contributed by atoms with Crippen molar-refractivity contribution in [2.24, 2.45) is 0 Å². The first-order valence-electron chi connectivity index (χ1n) is 7.61. The standard InChI is InChI=1S/C15H18N2O4S/c18-14-2-1-11-9-13(10-12-3-4-17(14)15(11)12)22(19,20)16-5-7-21-8-6-16/h9-10H,1-8H2. The van der Waals surface area contributed by atoms with Gasteiger partial charge in [0, 0.05) is 26.1 Å². The van der Waals surface area contributed by atoms with Crippen LogP contribution in [0, 0.1) is 0 Å². The molecule has 3 aliphatic rings. The van der Waals surface area contributed by atoms with Crippen LogP contribution in [0.5, 0.6) is 0 Å². The van der Waals surface area contributed by atoms with Crippen LogP contribution in [0.4, 0.5) is 5.69 Å². The topological polar surface area (TPSA) is 66.9 Å². The Kier molecular flexibility index (Phi) is 3.25. The van der Waals surface area contributed by atoms with Gasteiger partial charge in [-0.3, -0.25) is 4.79 Å². The minimum atomic E-state index is -3.47. The zero-order chi connectivity index (χ0) is 15.3. The van der Waals surface area contributed by atoms with Gasteiger partial charge in [0.05, 0.1) is 23.8 Å². The third-order valence-corrected chi connectivity index (χ3v) is 6.51. The van der Waals surface area contributed by atoms with Gasteiger partial charge in [0.25, 0.3) is 0 Å². The van der Waals surface area contributed by atoms with Crippen molar-refractivity contribution in [2.45, 2.75) is 24.2 Å². The van der Waals surface area contributed by atoms with Crippen molar-refractivity contribution in [1.29, 1.82) is 0 Å². The molecule has 0 radical (unpaired) electrons. The molecule has 7 heteroatoms. The lowest BCUT2D eigenvalue weighted by atomic mass is 10.00. The van der Waals surface area contributed by atoms with Crippen molar-refractivity contribution in [3.63, 3.8) is 0 Å². The molecule has 1 amide bonds. The number of hydrogen-bond donors (Lipinski definition) is 0. The molecule has 0 saturated carbocycles. The molecule has 0 aromatic heterocycles. The number of hydrogen-bond acceptors (Lipinski definition) is 4. The summed E-state index contributed by atoms with van der Waals surface area (Å²) in [6.07, 6.45) is 1.83. The van der Waals surface area contributed by atoms with Gasteiger partial charge < -0.3 is 9.64 Å². The average Bonchev–Trinajstić information content (AvgIpc) is 2.97. The van der Waals surface area contributed by atoms with Crippen molar-refractivity contribution >= 4 is 21.6 Å². The second kappa shape index (κ2) is 5.04. The zero-order valence-corrected chi connectivity index (χ0v) is 13.1. The molecular formula is C15H18N2O4S. The number of carbonyl (C=O) groups excluding carboxylic acids is 1. The fourth-order valence-corrected chi connectivity index (χ4v) is 5.02. The Labute approximate surface area is 129 Å². The van der Waals surface area contributed by atoms with Crippen molar-refractivity contribution < 1.29 is 17.9 Å². The number of anilines is 1. The van der Waals surface area contributed by atoms with E-state index in [0.717, 1.165) is 23.2 Å². The quantitative estimate of drug-likeness (QED) is 0.797. The summed E-state index contributed by atoms with van der Waals surface area (Å²) in [6.45, 7) is 2.36. The van der Waals surface area contributed by atoms with E-state index in [-0.39, 0.29) is 5.91 Å². The number of amides is 1. The molecule has 0 atom stereocenters. The minimum Gasteiger partial charge on any atom is -0.379 e. The summed E-state index contributed by atoms with van der Waals surface area (Å²) in [5, 5.41) is 0. The number of morpholine rings is 1. The summed E-state index contributed by atoms with van der Waals surface area (Å²) >= 11 is 0. The summed E-state index contributed by atoms with van der Waals surface area (Å²) < 4.78 is 32.3. The second-order valence-electron chi connectivity index (χ2n) is 5.90. The lowest BCUT2D eigenvalue weighted by molar-refractivity contribution is -0.118. The van der Waals surface area contributed by atoms with Gasteiger partial charge in [-0.25, -0.2) is 8.42 Å². The fourth-order valence-electron chi connectivity index (χ4n) is 3.51. The van der Waals surface area contributed by atoms with Crippen molar-refractivity contribution in [3.05, 3.63) is 23.3 Å². The Morgan fingerprint density at radius 2 is 1.64 bits per heavy atom. The number of nitrogens with zero attached hydrogens (tertiary/aromatic N) is 2. The lowest BCUT2D eigenvalue weighted by Crippen LogP contribution is -2.40. The first-order valence-corrected chi connectivity index (χ1v) is 9.05. The Morgan fingerprint density at radius 1 is 0.955 bits per heavy atom. The molecule has 3 heterocycles. The highest BCUT2D eigenvalue weighted by molar-refractivity contribution is 7.89. The molecule has 0 N–H and O–H groups in total. The first-order chi connectivity index (χ1) is 10.6. The van der Waals surface area contributed by atoms with Gasteiger partial charge in [-0.05, 0) is 36.1 Å². The van der Waals surface area contributed by atoms with E-state index < -0.39 is 10.0 Å². The number of benzene rings is 1. The molecule has 0 aliphatic carbocycles. The molecular weight excluding hydrogens is 304 g/mol. The predicted octanol–water partition coefficient (Wildman–Crippen LogP) is 0.543. The summed E-state index contributed by atoms with van der Waals surface area (Å²) in [5.74, 6) is 0.148. The van der Waals surface area contributed by atoms with Crippen molar-refractivity contribution in [3.8, 4) is 0 Å². The maximum absolute atomic E-state index is 12.8. The first kappa shape index (κ1) is 14.2. The second-order valence-corrected chi connectivity index (χ2v) is 7.84. The molecule has 22 heavy (non-hydrogen) atoms. The zero-order valence-electron chi connectivity index (χ0n) is 12.2. The van der Waals surface area contributed by atoms with E-state index >= 15 is 0 Å². The highest BCUT2D eigenvalue weighted by Crippen LogP contribution is 2.38. The number of ether oxygens (including phenoxy) is 1. The van der Waals surface area contributed by atoms with Gasteiger partial charge in [0.1, 0.15) is 0 Å². The molecule has 1 aromatic rings. The molecule has 1 aromatic carbocycles.